The summed E-state index contributed by atoms with van der Waals surface area (Å²) in [7, 11) is 2.19. The molecule has 1 aliphatic rings. The summed E-state index contributed by atoms with van der Waals surface area (Å²) in [5.41, 5.74) is 6.66. The van der Waals surface area contributed by atoms with E-state index in [4.69, 9.17) is 5.73 Å². The molecule has 1 saturated heterocycles. The number of carbonyl (C=O) groups excluding carboxylic acids is 1. The van der Waals surface area contributed by atoms with Crippen molar-refractivity contribution in [2.75, 3.05) is 32.4 Å². The number of quaternary nitrogens is 1. The molecule has 1 amide bonds. The zero-order chi connectivity index (χ0) is 25.1. The first kappa shape index (κ1) is 25.2. The van der Waals surface area contributed by atoms with Gasteiger partial charge in [0.05, 0.1) is 26.7 Å². The number of phenols is 1. The number of primary amides is 1. The third-order valence-electron chi connectivity index (χ3n) is 7.16. The van der Waals surface area contributed by atoms with E-state index in [0.29, 0.717) is 10.5 Å². The molecule has 3 atom stereocenters. The molecule has 7 heteroatoms. The minimum atomic E-state index is -1.05. The van der Waals surface area contributed by atoms with Crippen molar-refractivity contribution in [1.29, 1.82) is 0 Å². The van der Waals surface area contributed by atoms with E-state index in [9.17, 15) is 18.7 Å². The Bertz CT molecular complexity index is 1170. The minimum absolute atomic E-state index is 0.0424. The van der Waals surface area contributed by atoms with Crippen molar-refractivity contribution in [2.24, 2.45) is 11.7 Å². The molecule has 4 nitrogen and oxygen atoms in total. The van der Waals surface area contributed by atoms with Crippen molar-refractivity contribution >= 4 is 17.7 Å². The lowest BCUT2D eigenvalue weighted by molar-refractivity contribution is -0.899. The van der Waals surface area contributed by atoms with Gasteiger partial charge in [-0.1, -0.05) is 42.5 Å². The van der Waals surface area contributed by atoms with Crippen molar-refractivity contribution in [2.45, 2.75) is 23.2 Å². The Labute approximate surface area is 209 Å². The summed E-state index contributed by atoms with van der Waals surface area (Å²) in [6, 6.07) is 20.1. The standard InChI is InChI=1S/C28H30F2N2O2S/c1-32(12-6-14-35-26-17-23(29)16-24(30)18-26)13-11-22(19-32)28(27(31)34,20-7-3-2-4-8-20)21-9-5-10-25(33)15-21/h2-5,7-10,15-18,22H,6,11-14,19H2,1H3,(H2-,31,33,34)/p+1/t22?,28?,32-/m1/s1. The Morgan fingerprint density at radius 1 is 1.06 bits per heavy atom. The lowest BCUT2D eigenvalue weighted by atomic mass is 9.64. The van der Waals surface area contributed by atoms with Crippen LogP contribution in [0.25, 0.3) is 0 Å². The molecule has 184 valence electrons. The average Bonchev–Trinajstić information content (AvgIpc) is 3.19. The predicted octanol–water partition coefficient (Wildman–Crippen LogP) is 5.09. The van der Waals surface area contributed by atoms with Gasteiger partial charge in [-0.15, -0.1) is 11.8 Å². The highest BCUT2D eigenvalue weighted by Crippen LogP contribution is 2.45. The second-order valence-corrected chi connectivity index (χ2v) is 10.8. The SMILES string of the molecule is C[N@@+]1(CCCSc2cc(F)cc(F)c2)CCC(C(C(N)=O)(c2ccccc2)c2cccc(O)c2)C1. The van der Waals surface area contributed by atoms with Crippen LogP contribution in [0.15, 0.2) is 77.7 Å². The number of nitrogens with two attached hydrogens (primary N) is 1. The second kappa shape index (κ2) is 10.4. The van der Waals surface area contributed by atoms with E-state index in [0.717, 1.165) is 54.3 Å². The molecule has 3 aromatic carbocycles. The van der Waals surface area contributed by atoms with Gasteiger partial charge < -0.3 is 15.3 Å². The highest BCUT2D eigenvalue weighted by Gasteiger charge is 2.53. The molecular weight excluding hydrogens is 466 g/mol. The van der Waals surface area contributed by atoms with E-state index >= 15 is 0 Å². The van der Waals surface area contributed by atoms with Crippen molar-refractivity contribution in [3.63, 3.8) is 0 Å². The molecule has 1 fully saturated rings. The van der Waals surface area contributed by atoms with Crippen molar-refractivity contribution in [3.05, 3.63) is 95.6 Å². The van der Waals surface area contributed by atoms with Crippen LogP contribution in [0.5, 0.6) is 5.75 Å². The Kier molecular flexibility index (Phi) is 7.47. The smallest absolute Gasteiger partial charge is 0.233 e. The first-order valence-electron chi connectivity index (χ1n) is 11.8. The Hall–Kier alpha value is -2.90. The normalized spacial score (nSPS) is 21.5. The molecule has 4 rings (SSSR count). The molecule has 3 aromatic rings. The topological polar surface area (TPSA) is 63.3 Å². The number of halogens is 2. The van der Waals surface area contributed by atoms with Gasteiger partial charge in [0.2, 0.25) is 5.91 Å². The summed E-state index contributed by atoms with van der Waals surface area (Å²) >= 11 is 1.45. The number of phenolic OH excluding ortho intramolecular Hbond substituents is 1. The van der Waals surface area contributed by atoms with Gasteiger partial charge in [-0.25, -0.2) is 8.78 Å². The molecule has 0 aromatic heterocycles. The largest absolute Gasteiger partial charge is 0.508 e. The van der Waals surface area contributed by atoms with Gasteiger partial charge in [0, 0.05) is 35.5 Å². The molecule has 3 N–H and O–H groups in total. The lowest BCUT2D eigenvalue weighted by Crippen LogP contribution is -2.51. The first-order valence-corrected chi connectivity index (χ1v) is 12.8. The van der Waals surface area contributed by atoms with E-state index in [1.807, 2.05) is 36.4 Å². The van der Waals surface area contributed by atoms with Crippen LogP contribution in [-0.4, -0.2) is 47.9 Å². The molecular formula is C28H31F2N2O2S+. The molecule has 0 bridgehead atoms. The van der Waals surface area contributed by atoms with E-state index < -0.39 is 23.0 Å². The van der Waals surface area contributed by atoms with E-state index in [2.05, 4.69) is 7.05 Å². The van der Waals surface area contributed by atoms with Crippen LogP contribution in [0.4, 0.5) is 8.78 Å². The average molecular weight is 498 g/mol. The number of benzene rings is 3. The number of hydrogen-bond donors (Lipinski definition) is 2. The van der Waals surface area contributed by atoms with Gasteiger partial charge in [-0.3, -0.25) is 4.79 Å². The fraction of sp³-hybridized carbons (Fsp3) is 0.321. The maximum Gasteiger partial charge on any atom is 0.233 e. The van der Waals surface area contributed by atoms with Gasteiger partial charge in [0.25, 0.3) is 0 Å². The van der Waals surface area contributed by atoms with Gasteiger partial charge in [-0.05, 0) is 35.4 Å². The fourth-order valence-electron chi connectivity index (χ4n) is 5.56. The van der Waals surface area contributed by atoms with Crippen molar-refractivity contribution in [3.8, 4) is 5.75 Å². The molecule has 2 unspecified atom stereocenters. The maximum absolute atomic E-state index is 13.5. The molecule has 1 heterocycles. The van der Waals surface area contributed by atoms with Crippen LogP contribution >= 0.6 is 11.8 Å². The highest BCUT2D eigenvalue weighted by atomic mass is 32.2. The van der Waals surface area contributed by atoms with Crippen LogP contribution in [0.1, 0.15) is 24.0 Å². The molecule has 0 spiro atoms. The van der Waals surface area contributed by atoms with Crippen molar-refractivity contribution < 1.29 is 23.2 Å². The minimum Gasteiger partial charge on any atom is -0.508 e. The fourth-order valence-corrected chi connectivity index (χ4v) is 6.46. The van der Waals surface area contributed by atoms with Crippen LogP contribution in [0.3, 0.4) is 0 Å². The number of thioether (sulfide) groups is 1. The van der Waals surface area contributed by atoms with Gasteiger partial charge in [0.15, 0.2) is 0 Å². The quantitative estimate of drug-likeness (QED) is 0.246. The van der Waals surface area contributed by atoms with E-state index in [-0.39, 0.29) is 11.7 Å². The Morgan fingerprint density at radius 3 is 2.40 bits per heavy atom. The molecule has 0 saturated carbocycles. The number of aromatic hydroxyl groups is 1. The molecule has 1 aliphatic heterocycles. The number of hydrogen-bond acceptors (Lipinski definition) is 3. The van der Waals surface area contributed by atoms with Crippen LogP contribution in [0, 0.1) is 17.6 Å². The third-order valence-corrected chi connectivity index (χ3v) is 8.22. The Morgan fingerprint density at radius 2 is 1.74 bits per heavy atom. The highest BCUT2D eigenvalue weighted by molar-refractivity contribution is 7.99. The lowest BCUT2D eigenvalue weighted by Gasteiger charge is -2.38. The van der Waals surface area contributed by atoms with Crippen molar-refractivity contribution in [1.82, 2.24) is 0 Å². The van der Waals surface area contributed by atoms with E-state index in [1.54, 1.807) is 18.2 Å². The van der Waals surface area contributed by atoms with Crippen LogP contribution in [0.2, 0.25) is 0 Å². The molecule has 35 heavy (non-hydrogen) atoms. The van der Waals surface area contributed by atoms with Gasteiger partial charge in [0.1, 0.15) is 22.8 Å². The maximum atomic E-state index is 13.5. The van der Waals surface area contributed by atoms with Gasteiger partial charge >= 0.3 is 0 Å². The van der Waals surface area contributed by atoms with Gasteiger partial charge in [-0.2, -0.15) is 0 Å². The number of rotatable bonds is 9. The molecule has 0 radical (unpaired) electrons. The second-order valence-electron chi connectivity index (χ2n) is 9.63. The summed E-state index contributed by atoms with van der Waals surface area (Å²) in [4.78, 5) is 13.9. The summed E-state index contributed by atoms with van der Waals surface area (Å²) in [5.74, 6) is -0.747. The summed E-state index contributed by atoms with van der Waals surface area (Å²) in [5, 5.41) is 10.2. The number of amides is 1. The first-order chi connectivity index (χ1) is 16.7. The zero-order valence-corrected chi connectivity index (χ0v) is 20.6. The Balaban J connectivity index is 1.53. The van der Waals surface area contributed by atoms with Crippen LogP contribution < -0.4 is 5.73 Å². The number of carbonyl (C=O) groups is 1. The zero-order valence-electron chi connectivity index (χ0n) is 19.8. The summed E-state index contributed by atoms with van der Waals surface area (Å²) in [6.07, 6.45) is 1.68. The number of nitrogens with zero attached hydrogens (tertiary/aromatic N) is 1. The monoisotopic (exact) mass is 497 g/mol. The summed E-state index contributed by atoms with van der Waals surface area (Å²) < 4.78 is 27.7. The third kappa shape index (κ3) is 5.36. The predicted molar refractivity (Wildman–Crippen MR) is 135 cm³/mol. The number of likely N-dealkylation sites (tertiary alicyclic amines) is 1. The molecule has 0 aliphatic carbocycles. The van der Waals surface area contributed by atoms with Crippen LogP contribution in [-0.2, 0) is 10.2 Å². The van der Waals surface area contributed by atoms with E-state index in [1.165, 1.54) is 23.9 Å². The summed E-state index contributed by atoms with van der Waals surface area (Å²) in [6.45, 7) is 2.53.